The molecule has 0 fully saturated rings. The Morgan fingerprint density at radius 1 is 1.43 bits per heavy atom. The Hall–Kier alpha value is -1.25. The summed E-state index contributed by atoms with van der Waals surface area (Å²) in [7, 11) is 0. The highest BCUT2D eigenvalue weighted by molar-refractivity contribution is 5.86. The lowest BCUT2D eigenvalue weighted by molar-refractivity contribution is 0.0658. The predicted molar refractivity (Wildman–Crippen MR) is 51.7 cm³/mol. The van der Waals surface area contributed by atoms with Crippen LogP contribution in [-0.2, 0) is 19.3 Å². The van der Waals surface area contributed by atoms with E-state index in [4.69, 9.17) is 9.52 Å². The minimum absolute atomic E-state index is 0.166. The molecule has 0 radical (unpaired) electrons. The third-order valence-corrected chi connectivity index (χ3v) is 2.83. The fourth-order valence-electron chi connectivity index (χ4n) is 2.18. The molecular weight excluding hydrogens is 180 g/mol. The summed E-state index contributed by atoms with van der Waals surface area (Å²) >= 11 is 0. The van der Waals surface area contributed by atoms with Gasteiger partial charge in [0.2, 0.25) is 5.76 Å². The molecule has 3 heteroatoms. The molecule has 1 heterocycles. The van der Waals surface area contributed by atoms with Gasteiger partial charge in [0, 0.05) is 12.0 Å². The van der Waals surface area contributed by atoms with Gasteiger partial charge in [-0.15, -0.1) is 0 Å². The molecule has 0 atom stereocenters. The Morgan fingerprint density at radius 2 is 2.14 bits per heavy atom. The molecule has 14 heavy (non-hydrogen) atoms. The summed E-state index contributed by atoms with van der Waals surface area (Å²) in [6.07, 6.45) is 4.90. The average Bonchev–Trinajstić information content (AvgIpc) is 2.56. The molecule has 76 valence electrons. The Labute approximate surface area is 82.7 Å². The number of carboxylic acid groups (broad SMARTS) is 1. The van der Waals surface area contributed by atoms with Crippen LogP contribution in [0.5, 0.6) is 0 Å². The van der Waals surface area contributed by atoms with Gasteiger partial charge in [-0.05, 0) is 31.2 Å². The molecule has 0 saturated carbocycles. The summed E-state index contributed by atoms with van der Waals surface area (Å²) in [5, 5.41) is 8.95. The first kappa shape index (κ1) is 9.31. The molecule has 0 aromatic carbocycles. The molecule has 1 aliphatic carbocycles. The molecule has 3 nitrogen and oxygen atoms in total. The second kappa shape index (κ2) is 3.48. The van der Waals surface area contributed by atoms with E-state index in [0.29, 0.717) is 0 Å². The zero-order chi connectivity index (χ0) is 10.1. The van der Waals surface area contributed by atoms with Crippen LogP contribution in [0.2, 0.25) is 0 Å². The van der Waals surface area contributed by atoms with Crippen molar-refractivity contribution < 1.29 is 14.3 Å². The molecule has 0 aliphatic heterocycles. The van der Waals surface area contributed by atoms with Gasteiger partial charge in [0.05, 0.1) is 0 Å². The number of carbonyl (C=O) groups is 1. The van der Waals surface area contributed by atoms with Gasteiger partial charge in [0.25, 0.3) is 0 Å². The lowest BCUT2D eigenvalue weighted by atomic mass is 9.94. The number of hydrogen-bond acceptors (Lipinski definition) is 2. The van der Waals surface area contributed by atoms with Crippen LogP contribution in [-0.4, -0.2) is 11.1 Å². The second-order valence-electron chi connectivity index (χ2n) is 3.68. The van der Waals surface area contributed by atoms with Crippen LogP contribution in [0, 0.1) is 0 Å². The number of carboxylic acids is 1. The van der Waals surface area contributed by atoms with Gasteiger partial charge in [-0.3, -0.25) is 0 Å². The highest BCUT2D eigenvalue weighted by atomic mass is 16.4. The molecule has 1 aliphatic rings. The molecule has 0 spiro atoms. The molecule has 0 amide bonds. The van der Waals surface area contributed by atoms with Gasteiger partial charge in [0.1, 0.15) is 5.76 Å². The SMILES string of the molecule is CCc1c(C(=O)O)oc2c1CCCC2. The summed E-state index contributed by atoms with van der Waals surface area (Å²) in [6, 6.07) is 0. The first-order valence-corrected chi connectivity index (χ1v) is 5.10. The van der Waals surface area contributed by atoms with Crippen molar-refractivity contribution in [2.75, 3.05) is 0 Å². The fourth-order valence-corrected chi connectivity index (χ4v) is 2.18. The minimum Gasteiger partial charge on any atom is -0.475 e. The number of hydrogen-bond donors (Lipinski definition) is 1. The van der Waals surface area contributed by atoms with Crippen molar-refractivity contribution in [1.29, 1.82) is 0 Å². The molecule has 1 N–H and O–H groups in total. The minimum atomic E-state index is -0.934. The highest BCUT2D eigenvalue weighted by Gasteiger charge is 2.24. The van der Waals surface area contributed by atoms with Crippen LogP contribution >= 0.6 is 0 Å². The summed E-state index contributed by atoms with van der Waals surface area (Å²) in [6.45, 7) is 1.98. The van der Waals surface area contributed by atoms with E-state index in [9.17, 15) is 4.79 Å². The Morgan fingerprint density at radius 3 is 2.79 bits per heavy atom. The van der Waals surface area contributed by atoms with E-state index in [0.717, 1.165) is 49.0 Å². The lowest BCUT2D eigenvalue weighted by Gasteiger charge is -2.09. The summed E-state index contributed by atoms with van der Waals surface area (Å²) in [4.78, 5) is 10.9. The van der Waals surface area contributed by atoms with E-state index in [1.165, 1.54) is 0 Å². The van der Waals surface area contributed by atoms with E-state index < -0.39 is 5.97 Å². The van der Waals surface area contributed by atoms with E-state index in [2.05, 4.69) is 0 Å². The standard InChI is InChI=1S/C11H14O3/c1-2-7-8-5-3-4-6-9(8)14-10(7)11(12)13/h2-6H2,1H3,(H,12,13). The molecule has 1 aromatic heterocycles. The lowest BCUT2D eigenvalue weighted by Crippen LogP contribution is -2.02. The van der Waals surface area contributed by atoms with E-state index in [-0.39, 0.29) is 5.76 Å². The van der Waals surface area contributed by atoms with Gasteiger partial charge in [-0.25, -0.2) is 4.79 Å². The van der Waals surface area contributed by atoms with Crippen LogP contribution < -0.4 is 0 Å². The first-order chi connectivity index (χ1) is 6.74. The quantitative estimate of drug-likeness (QED) is 0.786. The van der Waals surface area contributed by atoms with Crippen molar-refractivity contribution in [3.63, 3.8) is 0 Å². The Balaban J connectivity index is 2.51. The van der Waals surface area contributed by atoms with Gasteiger partial charge in [-0.2, -0.15) is 0 Å². The Kier molecular flexibility index (Phi) is 2.32. The van der Waals surface area contributed by atoms with Crippen molar-refractivity contribution in [2.24, 2.45) is 0 Å². The number of rotatable bonds is 2. The van der Waals surface area contributed by atoms with Crippen LogP contribution in [0.25, 0.3) is 0 Å². The molecule has 0 unspecified atom stereocenters. The maximum absolute atomic E-state index is 10.9. The summed E-state index contributed by atoms with van der Waals surface area (Å²) < 4.78 is 5.39. The summed E-state index contributed by atoms with van der Waals surface area (Å²) in [5.74, 6) is 0.140. The van der Waals surface area contributed by atoms with Gasteiger partial charge in [0.15, 0.2) is 0 Å². The fraction of sp³-hybridized carbons (Fsp3) is 0.545. The second-order valence-corrected chi connectivity index (χ2v) is 3.68. The largest absolute Gasteiger partial charge is 0.475 e. The smallest absolute Gasteiger partial charge is 0.372 e. The van der Waals surface area contributed by atoms with Gasteiger partial charge < -0.3 is 9.52 Å². The van der Waals surface area contributed by atoms with Crippen LogP contribution in [0.3, 0.4) is 0 Å². The third-order valence-electron chi connectivity index (χ3n) is 2.83. The topological polar surface area (TPSA) is 50.4 Å². The van der Waals surface area contributed by atoms with Gasteiger partial charge >= 0.3 is 5.97 Å². The van der Waals surface area contributed by atoms with Crippen molar-refractivity contribution >= 4 is 5.97 Å². The number of aryl methyl sites for hydroxylation is 1. The van der Waals surface area contributed by atoms with Crippen molar-refractivity contribution in [2.45, 2.75) is 39.0 Å². The average molecular weight is 194 g/mol. The molecular formula is C11H14O3. The maximum Gasteiger partial charge on any atom is 0.372 e. The monoisotopic (exact) mass is 194 g/mol. The van der Waals surface area contributed by atoms with Crippen LogP contribution in [0.4, 0.5) is 0 Å². The molecule has 0 bridgehead atoms. The van der Waals surface area contributed by atoms with Crippen LogP contribution in [0.1, 0.15) is 47.2 Å². The normalized spacial score (nSPS) is 15.2. The zero-order valence-corrected chi connectivity index (χ0v) is 8.30. The zero-order valence-electron chi connectivity index (χ0n) is 8.30. The van der Waals surface area contributed by atoms with E-state index in [1.54, 1.807) is 0 Å². The van der Waals surface area contributed by atoms with Crippen LogP contribution in [0.15, 0.2) is 4.42 Å². The van der Waals surface area contributed by atoms with E-state index in [1.807, 2.05) is 6.92 Å². The Bertz CT molecular complexity index is 363. The van der Waals surface area contributed by atoms with Gasteiger partial charge in [-0.1, -0.05) is 6.92 Å². The van der Waals surface area contributed by atoms with Crippen molar-refractivity contribution in [1.82, 2.24) is 0 Å². The molecule has 1 aromatic rings. The third kappa shape index (κ3) is 1.33. The van der Waals surface area contributed by atoms with Crippen molar-refractivity contribution in [3.8, 4) is 0 Å². The number of aromatic carboxylic acids is 1. The molecule has 0 saturated heterocycles. The summed E-state index contributed by atoms with van der Waals surface area (Å²) in [5.41, 5.74) is 2.07. The van der Waals surface area contributed by atoms with E-state index >= 15 is 0 Å². The maximum atomic E-state index is 10.9. The molecule has 2 rings (SSSR count). The predicted octanol–water partition coefficient (Wildman–Crippen LogP) is 2.42. The number of fused-ring (bicyclic) bond motifs is 1. The first-order valence-electron chi connectivity index (χ1n) is 5.10. The number of furan rings is 1. The van der Waals surface area contributed by atoms with Crippen molar-refractivity contribution in [3.05, 3.63) is 22.6 Å². The highest BCUT2D eigenvalue weighted by Crippen LogP contribution is 2.30.